The van der Waals surface area contributed by atoms with Gasteiger partial charge in [0.2, 0.25) is 0 Å². The first-order valence-electron chi connectivity index (χ1n) is 6.78. The molecule has 1 N–H and O–H groups in total. The maximum absolute atomic E-state index is 14.0. The molecular weight excluding hydrogens is 231 g/mol. The summed E-state index contributed by atoms with van der Waals surface area (Å²) in [6, 6.07) is 1.69. The first-order chi connectivity index (χ1) is 8.81. The SMILES string of the molecule is CCNCc1ccnc(OCCC2CCC2)c1F. The zero-order valence-corrected chi connectivity index (χ0v) is 10.9. The highest BCUT2D eigenvalue weighted by atomic mass is 19.1. The Morgan fingerprint density at radius 3 is 3.00 bits per heavy atom. The Hall–Kier alpha value is -1.16. The number of rotatable bonds is 7. The van der Waals surface area contributed by atoms with E-state index < -0.39 is 0 Å². The molecule has 1 fully saturated rings. The Morgan fingerprint density at radius 1 is 1.50 bits per heavy atom. The van der Waals surface area contributed by atoms with E-state index in [0.717, 1.165) is 18.9 Å². The molecule has 1 saturated carbocycles. The van der Waals surface area contributed by atoms with Crippen LogP contribution in [0, 0.1) is 11.7 Å². The minimum absolute atomic E-state index is 0.143. The summed E-state index contributed by atoms with van der Waals surface area (Å²) in [7, 11) is 0. The van der Waals surface area contributed by atoms with Crippen molar-refractivity contribution in [3.05, 3.63) is 23.6 Å². The second-order valence-electron chi connectivity index (χ2n) is 4.80. The Morgan fingerprint density at radius 2 is 2.33 bits per heavy atom. The van der Waals surface area contributed by atoms with Gasteiger partial charge in [-0.1, -0.05) is 26.2 Å². The van der Waals surface area contributed by atoms with Crippen molar-refractivity contribution in [3.8, 4) is 5.88 Å². The van der Waals surface area contributed by atoms with Crippen LogP contribution in [0.1, 0.15) is 38.2 Å². The van der Waals surface area contributed by atoms with Crippen LogP contribution in [-0.2, 0) is 6.54 Å². The van der Waals surface area contributed by atoms with Gasteiger partial charge < -0.3 is 10.1 Å². The summed E-state index contributed by atoms with van der Waals surface area (Å²) in [5.74, 6) is 0.592. The van der Waals surface area contributed by atoms with E-state index in [4.69, 9.17) is 4.74 Å². The summed E-state index contributed by atoms with van der Waals surface area (Å²) in [4.78, 5) is 3.96. The molecule has 0 amide bonds. The Labute approximate surface area is 108 Å². The molecule has 0 aliphatic heterocycles. The fourth-order valence-corrected chi connectivity index (χ4v) is 2.06. The number of hydrogen-bond donors (Lipinski definition) is 1. The van der Waals surface area contributed by atoms with Gasteiger partial charge in [0, 0.05) is 18.3 Å². The fourth-order valence-electron chi connectivity index (χ4n) is 2.06. The van der Waals surface area contributed by atoms with Gasteiger partial charge in [-0.25, -0.2) is 9.37 Å². The van der Waals surface area contributed by atoms with Crippen molar-refractivity contribution >= 4 is 0 Å². The lowest BCUT2D eigenvalue weighted by Crippen LogP contribution is -2.16. The zero-order chi connectivity index (χ0) is 12.8. The summed E-state index contributed by atoms with van der Waals surface area (Å²) in [6.45, 7) is 3.90. The molecule has 100 valence electrons. The van der Waals surface area contributed by atoms with Crippen molar-refractivity contribution in [1.29, 1.82) is 0 Å². The Kier molecular flexibility index (Phi) is 4.93. The molecule has 0 spiro atoms. The smallest absolute Gasteiger partial charge is 0.250 e. The Bertz CT molecular complexity index is 380. The Balaban J connectivity index is 1.86. The molecule has 2 rings (SSSR count). The average molecular weight is 252 g/mol. The van der Waals surface area contributed by atoms with E-state index in [9.17, 15) is 4.39 Å². The van der Waals surface area contributed by atoms with Gasteiger partial charge in [-0.15, -0.1) is 0 Å². The number of pyridine rings is 1. The van der Waals surface area contributed by atoms with E-state index in [1.807, 2.05) is 6.92 Å². The lowest BCUT2D eigenvalue weighted by atomic mass is 9.83. The number of ether oxygens (including phenoxy) is 1. The van der Waals surface area contributed by atoms with Crippen molar-refractivity contribution in [1.82, 2.24) is 10.3 Å². The molecule has 0 aromatic carbocycles. The van der Waals surface area contributed by atoms with E-state index in [0.29, 0.717) is 18.7 Å². The zero-order valence-electron chi connectivity index (χ0n) is 10.9. The van der Waals surface area contributed by atoms with Gasteiger partial charge in [-0.2, -0.15) is 0 Å². The highest BCUT2D eigenvalue weighted by Crippen LogP contribution is 2.29. The summed E-state index contributed by atoms with van der Waals surface area (Å²) in [5, 5.41) is 3.10. The van der Waals surface area contributed by atoms with Crippen molar-refractivity contribution in [2.24, 2.45) is 5.92 Å². The standard InChI is InChI=1S/C14H21FN2O/c1-2-16-10-12-6-8-17-14(13(12)15)18-9-7-11-4-3-5-11/h6,8,11,16H,2-5,7,9-10H2,1H3. The van der Waals surface area contributed by atoms with E-state index >= 15 is 0 Å². The van der Waals surface area contributed by atoms with Crippen LogP contribution in [0.15, 0.2) is 12.3 Å². The molecule has 0 unspecified atom stereocenters. The number of nitrogens with zero attached hydrogens (tertiary/aromatic N) is 1. The van der Waals surface area contributed by atoms with Crippen molar-refractivity contribution < 1.29 is 9.13 Å². The second-order valence-corrected chi connectivity index (χ2v) is 4.80. The van der Waals surface area contributed by atoms with Gasteiger partial charge in [0.05, 0.1) is 6.61 Å². The van der Waals surface area contributed by atoms with Crippen LogP contribution in [-0.4, -0.2) is 18.1 Å². The maximum Gasteiger partial charge on any atom is 0.250 e. The second kappa shape index (κ2) is 6.69. The van der Waals surface area contributed by atoms with Crippen molar-refractivity contribution in [2.45, 2.75) is 39.2 Å². The average Bonchev–Trinajstić information content (AvgIpc) is 2.32. The summed E-state index contributed by atoms with van der Waals surface area (Å²) >= 11 is 0. The van der Waals surface area contributed by atoms with E-state index in [2.05, 4.69) is 10.3 Å². The van der Waals surface area contributed by atoms with Gasteiger partial charge in [-0.05, 0) is 24.9 Å². The number of aromatic nitrogens is 1. The van der Waals surface area contributed by atoms with E-state index in [1.54, 1.807) is 12.3 Å². The van der Waals surface area contributed by atoms with E-state index in [1.165, 1.54) is 19.3 Å². The van der Waals surface area contributed by atoms with Crippen molar-refractivity contribution in [2.75, 3.05) is 13.2 Å². The first kappa shape index (κ1) is 13.3. The molecular formula is C14H21FN2O. The number of hydrogen-bond acceptors (Lipinski definition) is 3. The van der Waals surface area contributed by atoms with Crippen LogP contribution >= 0.6 is 0 Å². The summed E-state index contributed by atoms with van der Waals surface area (Å²) in [5.41, 5.74) is 0.616. The maximum atomic E-state index is 14.0. The number of nitrogens with one attached hydrogen (secondary N) is 1. The van der Waals surface area contributed by atoms with Crippen LogP contribution < -0.4 is 10.1 Å². The summed E-state index contributed by atoms with van der Waals surface area (Å²) < 4.78 is 19.4. The van der Waals surface area contributed by atoms with Crippen LogP contribution in [0.2, 0.25) is 0 Å². The van der Waals surface area contributed by atoms with Gasteiger partial charge in [0.1, 0.15) is 0 Å². The predicted molar refractivity (Wildman–Crippen MR) is 69.0 cm³/mol. The molecule has 0 radical (unpaired) electrons. The fraction of sp³-hybridized carbons (Fsp3) is 0.643. The quantitative estimate of drug-likeness (QED) is 0.810. The molecule has 1 aromatic rings. The first-order valence-corrected chi connectivity index (χ1v) is 6.78. The molecule has 1 heterocycles. The topological polar surface area (TPSA) is 34.2 Å². The van der Waals surface area contributed by atoms with Crippen LogP contribution in [0.3, 0.4) is 0 Å². The van der Waals surface area contributed by atoms with Gasteiger partial charge in [-0.3, -0.25) is 0 Å². The summed E-state index contributed by atoms with van der Waals surface area (Å²) in [6.07, 6.45) is 6.53. The highest BCUT2D eigenvalue weighted by Gasteiger charge is 2.17. The minimum Gasteiger partial charge on any atom is -0.476 e. The lowest BCUT2D eigenvalue weighted by Gasteiger charge is -2.24. The van der Waals surface area contributed by atoms with Gasteiger partial charge in [0.15, 0.2) is 5.82 Å². The van der Waals surface area contributed by atoms with Gasteiger partial charge in [0.25, 0.3) is 5.88 Å². The molecule has 4 heteroatoms. The molecule has 1 aliphatic rings. The molecule has 1 aliphatic carbocycles. The van der Waals surface area contributed by atoms with Crippen LogP contribution in [0.4, 0.5) is 4.39 Å². The highest BCUT2D eigenvalue weighted by molar-refractivity contribution is 5.23. The van der Waals surface area contributed by atoms with Crippen LogP contribution in [0.5, 0.6) is 5.88 Å². The third-order valence-electron chi connectivity index (χ3n) is 3.49. The predicted octanol–water partition coefficient (Wildman–Crippen LogP) is 2.90. The monoisotopic (exact) mass is 252 g/mol. The van der Waals surface area contributed by atoms with Gasteiger partial charge >= 0.3 is 0 Å². The molecule has 0 bridgehead atoms. The third-order valence-corrected chi connectivity index (χ3v) is 3.49. The largest absolute Gasteiger partial charge is 0.476 e. The third kappa shape index (κ3) is 3.42. The molecule has 1 aromatic heterocycles. The number of halogens is 1. The molecule has 3 nitrogen and oxygen atoms in total. The van der Waals surface area contributed by atoms with E-state index in [-0.39, 0.29) is 11.7 Å². The van der Waals surface area contributed by atoms with Crippen molar-refractivity contribution in [3.63, 3.8) is 0 Å². The normalized spacial score (nSPS) is 15.4. The van der Waals surface area contributed by atoms with Crippen LogP contribution in [0.25, 0.3) is 0 Å². The molecule has 18 heavy (non-hydrogen) atoms. The lowest BCUT2D eigenvalue weighted by molar-refractivity contribution is 0.211. The minimum atomic E-state index is -0.327. The molecule has 0 saturated heterocycles. The molecule has 0 atom stereocenters.